The van der Waals surface area contributed by atoms with Crippen LogP contribution in [0.1, 0.15) is 30.9 Å². The van der Waals surface area contributed by atoms with Crippen LogP contribution >= 0.6 is 11.6 Å². The maximum absolute atomic E-state index is 11.2. The lowest BCUT2D eigenvalue weighted by atomic mass is 9.83. The normalized spacial score (nSPS) is 13.8. The summed E-state index contributed by atoms with van der Waals surface area (Å²) >= 11 is 6.06. The Balaban J connectivity index is 2.53. The number of aliphatic hydroxyl groups is 1. The molecule has 20 heavy (non-hydrogen) atoms. The van der Waals surface area contributed by atoms with Crippen LogP contribution in [0.5, 0.6) is 5.75 Å². The largest absolute Gasteiger partial charge is 0.495 e. The molecule has 0 aliphatic heterocycles. The van der Waals surface area contributed by atoms with Crippen molar-refractivity contribution in [1.82, 2.24) is 0 Å². The lowest BCUT2D eigenvalue weighted by Crippen LogP contribution is -2.27. The number of methoxy groups -OCH3 is 1. The number of ether oxygens (including phenoxy) is 1. The molecule has 1 N–H and O–H groups in total. The minimum atomic E-state index is -1.02. The summed E-state index contributed by atoms with van der Waals surface area (Å²) in [4.78, 5) is 0. The molecular formula is C17H19ClO2. The summed E-state index contributed by atoms with van der Waals surface area (Å²) in [5.74, 6) is 0.578. The molecule has 0 saturated heterocycles. The van der Waals surface area contributed by atoms with E-state index in [0.717, 1.165) is 17.5 Å². The smallest absolute Gasteiger partial charge is 0.137 e. The second-order valence-corrected chi connectivity index (χ2v) is 5.23. The van der Waals surface area contributed by atoms with Crippen LogP contribution in [-0.4, -0.2) is 12.2 Å². The third kappa shape index (κ3) is 2.82. The number of halogens is 1. The van der Waals surface area contributed by atoms with Crippen molar-refractivity contribution in [2.75, 3.05) is 7.11 Å². The standard InChI is InChI=1S/C17H19ClO2/c1-3-11-17(19,13-7-5-4-6-8-13)14-9-10-15(18)16(12-14)20-2/h4-10,12,19H,3,11H2,1-2H3. The van der Waals surface area contributed by atoms with Crippen molar-refractivity contribution in [3.8, 4) is 5.75 Å². The topological polar surface area (TPSA) is 29.5 Å². The molecule has 106 valence electrons. The van der Waals surface area contributed by atoms with Crippen LogP contribution in [-0.2, 0) is 5.60 Å². The molecule has 0 radical (unpaired) electrons. The van der Waals surface area contributed by atoms with Crippen molar-refractivity contribution in [2.45, 2.75) is 25.4 Å². The molecule has 3 heteroatoms. The molecule has 2 nitrogen and oxygen atoms in total. The molecule has 2 aromatic carbocycles. The van der Waals surface area contributed by atoms with E-state index in [1.54, 1.807) is 13.2 Å². The van der Waals surface area contributed by atoms with Crippen molar-refractivity contribution >= 4 is 11.6 Å². The highest BCUT2D eigenvalue weighted by Crippen LogP contribution is 2.37. The van der Waals surface area contributed by atoms with E-state index in [-0.39, 0.29) is 0 Å². The van der Waals surface area contributed by atoms with E-state index in [1.807, 2.05) is 42.5 Å². The van der Waals surface area contributed by atoms with E-state index in [1.165, 1.54) is 0 Å². The molecule has 0 fully saturated rings. The van der Waals surface area contributed by atoms with Crippen molar-refractivity contribution in [3.63, 3.8) is 0 Å². The van der Waals surface area contributed by atoms with Crippen molar-refractivity contribution < 1.29 is 9.84 Å². The molecule has 0 saturated carbocycles. The summed E-state index contributed by atoms with van der Waals surface area (Å²) in [6, 6.07) is 15.1. The highest BCUT2D eigenvalue weighted by Gasteiger charge is 2.31. The molecule has 0 aliphatic carbocycles. The fourth-order valence-electron chi connectivity index (χ4n) is 2.45. The van der Waals surface area contributed by atoms with Crippen LogP contribution in [0.25, 0.3) is 0 Å². The first-order chi connectivity index (χ1) is 9.61. The second-order valence-electron chi connectivity index (χ2n) is 4.83. The number of benzene rings is 2. The van der Waals surface area contributed by atoms with Gasteiger partial charge in [-0.05, 0) is 29.7 Å². The van der Waals surface area contributed by atoms with Gasteiger partial charge in [-0.25, -0.2) is 0 Å². The van der Waals surface area contributed by atoms with E-state index >= 15 is 0 Å². The van der Waals surface area contributed by atoms with Gasteiger partial charge in [0.15, 0.2) is 0 Å². The van der Waals surface area contributed by atoms with Gasteiger partial charge in [0, 0.05) is 0 Å². The first-order valence-electron chi connectivity index (χ1n) is 6.73. The highest BCUT2D eigenvalue weighted by molar-refractivity contribution is 6.32. The zero-order chi connectivity index (χ0) is 14.6. The Kier molecular flexibility index (Phi) is 4.69. The minimum Gasteiger partial charge on any atom is -0.495 e. The zero-order valence-corrected chi connectivity index (χ0v) is 12.5. The van der Waals surface area contributed by atoms with Gasteiger partial charge in [0.2, 0.25) is 0 Å². The van der Waals surface area contributed by atoms with E-state index < -0.39 is 5.60 Å². The molecule has 0 aliphatic rings. The van der Waals surface area contributed by atoms with Crippen LogP contribution in [0.3, 0.4) is 0 Å². The highest BCUT2D eigenvalue weighted by atomic mass is 35.5. The number of hydrogen-bond acceptors (Lipinski definition) is 2. The minimum absolute atomic E-state index is 0.545. The summed E-state index contributed by atoms with van der Waals surface area (Å²) < 4.78 is 5.25. The zero-order valence-electron chi connectivity index (χ0n) is 11.8. The Labute approximate surface area is 125 Å². The van der Waals surface area contributed by atoms with Crippen molar-refractivity contribution in [2.24, 2.45) is 0 Å². The number of hydrogen-bond donors (Lipinski definition) is 1. The average molecular weight is 291 g/mol. The van der Waals surface area contributed by atoms with Gasteiger partial charge in [0.05, 0.1) is 12.1 Å². The van der Waals surface area contributed by atoms with Gasteiger partial charge in [0.1, 0.15) is 11.4 Å². The fraction of sp³-hybridized carbons (Fsp3) is 0.294. The summed E-state index contributed by atoms with van der Waals surface area (Å²) in [6.07, 6.45) is 1.51. The Morgan fingerprint density at radius 3 is 2.40 bits per heavy atom. The quantitative estimate of drug-likeness (QED) is 0.885. The van der Waals surface area contributed by atoms with Gasteiger partial charge in [-0.1, -0.05) is 61.3 Å². The summed E-state index contributed by atoms with van der Waals surface area (Å²) in [5, 5.41) is 11.7. The van der Waals surface area contributed by atoms with E-state index in [4.69, 9.17) is 16.3 Å². The Morgan fingerprint density at radius 1 is 1.10 bits per heavy atom. The molecule has 2 aromatic rings. The SMILES string of the molecule is CCCC(O)(c1ccccc1)c1ccc(Cl)c(OC)c1. The monoisotopic (exact) mass is 290 g/mol. The summed E-state index contributed by atoms with van der Waals surface area (Å²) in [7, 11) is 1.58. The van der Waals surface area contributed by atoms with Crippen molar-refractivity contribution in [3.05, 3.63) is 64.7 Å². The van der Waals surface area contributed by atoms with Gasteiger partial charge in [0.25, 0.3) is 0 Å². The van der Waals surface area contributed by atoms with Crippen LogP contribution in [0.2, 0.25) is 5.02 Å². The van der Waals surface area contributed by atoms with Gasteiger partial charge < -0.3 is 9.84 Å². The Hall–Kier alpha value is -1.51. The van der Waals surface area contributed by atoms with E-state index in [9.17, 15) is 5.11 Å². The third-order valence-electron chi connectivity index (χ3n) is 3.49. The second kappa shape index (κ2) is 6.29. The molecule has 0 spiro atoms. The first kappa shape index (κ1) is 14.9. The van der Waals surface area contributed by atoms with Gasteiger partial charge in [-0.3, -0.25) is 0 Å². The van der Waals surface area contributed by atoms with Gasteiger partial charge in [-0.15, -0.1) is 0 Å². The van der Waals surface area contributed by atoms with Gasteiger partial charge >= 0.3 is 0 Å². The Bertz CT molecular complexity index is 568. The molecule has 2 rings (SSSR count). The molecule has 1 unspecified atom stereocenters. The molecule has 0 heterocycles. The van der Waals surface area contributed by atoms with Crippen LogP contribution in [0, 0.1) is 0 Å². The molecule has 0 aromatic heterocycles. The average Bonchev–Trinajstić information content (AvgIpc) is 2.48. The lowest BCUT2D eigenvalue weighted by Gasteiger charge is -2.29. The molecule has 0 bridgehead atoms. The van der Waals surface area contributed by atoms with Gasteiger partial charge in [-0.2, -0.15) is 0 Å². The van der Waals surface area contributed by atoms with Crippen LogP contribution < -0.4 is 4.74 Å². The fourth-order valence-corrected chi connectivity index (χ4v) is 2.64. The van der Waals surface area contributed by atoms with Crippen LogP contribution in [0.4, 0.5) is 0 Å². The predicted octanol–water partition coefficient (Wildman–Crippen LogP) is 4.38. The maximum Gasteiger partial charge on any atom is 0.137 e. The maximum atomic E-state index is 11.2. The molecule has 0 amide bonds. The summed E-state index contributed by atoms with van der Waals surface area (Å²) in [5.41, 5.74) is 0.659. The van der Waals surface area contributed by atoms with E-state index in [2.05, 4.69) is 6.92 Å². The lowest BCUT2D eigenvalue weighted by molar-refractivity contribution is 0.0699. The summed E-state index contributed by atoms with van der Waals surface area (Å²) in [6.45, 7) is 2.06. The first-order valence-corrected chi connectivity index (χ1v) is 7.11. The molecule has 1 atom stereocenters. The predicted molar refractivity (Wildman–Crippen MR) is 82.4 cm³/mol. The molecular weight excluding hydrogens is 272 g/mol. The third-order valence-corrected chi connectivity index (χ3v) is 3.80. The van der Waals surface area contributed by atoms with E-state index in [0.29, 0.717) is 17.2 Å². The van der Waals surface area contributed by atoms with Crippen molar-refractivity contribution in [1.29, 1.82) is 0 Å². The van der Waals surface area contributed by atoms with Crippen LogP contribution in [0.15, 0.2) is 48.5 Å². The number of rotatable bonds is 5. The Morgan fingerprint density at radius 2 is 1.80 bits per heavy atom.